The molecule has 28 heavy (non-hydrogen) atoms. The average Bonchev–Trinajstić information content (AvgIpc) is 3.41. The molecule has 1 aliphatic heterocycles. The predicted octanol–water partition coefficient (Wildman–Crippen LogP) is 2.16. The van der Waals surface area contributed by atoms with E-state index in [4.69, 9.17) is 4.74 Å². The van der Waals surface area contributed by atoms with Crippen LogP contribution in [0.4, 0.5) is 11.4 Å². The topological polar surface area (TPSA) is 126 Å². The van der Waals surface area contributed by atoms with E-state index in [1.165, 1.54) is 12.1 Å². The van der Waals surface area contributed by atoms with Gasteiger partial charge in [-0.05, 0) is 50.7 Å². The normalized spacial score (nSPS) is 18.1. The molecular weight excluding hydrogens is 364 g/mol. The van der Waals surface area contributed by atoms with Gasteiger partial charge in [0.25, 0.3) is 11.6 Å². The van der Waals surface area contributed by atoms with Gasteiger partial charge in [0.05, 0.1) is 16.6 Å². The monoisotopic (exact) mass is 386 g/mol. The van der Waals surface area contributed by atoms with E-state index in [0.29, 0.717) is 5.69 Å². The number of carbonyl (C=O) groups excluding carboxylic acids is 2. The minimum atomic E-state index is -0.973. The molecule has 1 amide bonds. The van der Waals surface area contributed by atoms with Crippen LogP contribution in [-0.4, -0.2) is 42.0 Å². The number of anilines is 1. The van der Waals surface area contributed by atoms with Crippen molar-refractivity contribution in [3.05, 3.63) is 33.9 Å². The molecule has 2 fully saturated rings. The van der Waals surface area contributed by atoms with E-state index in [0.717, 1.165) is 38.8 Å². The minimum Gasteiger partial charge on any atom is -0.452 e. The number of nitro benzene ring substituents is 1. The first-order valence-corrected chi connectivity index (χ1v) is 9.27. The minimum absolute atomic E-state index is 0.00712. The zero-order valence-corrected chi connectivity index (χ0v) is 15.6. The van der Waals surface area contributed by atoms with Crippen molar-refractivity contribution < 1.29 is 19.2 Å². The number of ether oxygens (including phenoxy) is 1. The fourth-order valence-corrected chi connectivity index (χ4v) is 3.44. The van der Waals surface area contributed by atoms with Gasteiger partial charge >= 0.3 is 5.97 Å². The van der Waals surface area contributed by atoms with E-state index >= 15 is 0 Å². The second kappa shape index (κ2) is 7.84. The summed E-state index contributed by atoms with van der Waals surface area (Å²) in [5, 5.41) is 23.3. The van der Waals surface area contributed by atoms with Crippen molar-refractivity contribution in [1.82, 2.24) is 5.32 Å². The highest BCUT2D eigenvalue weighted by atomic mass is 16.6. The van der Waals surface area contributed by atoms with Gasteiger partial charge in [-0.25, -0.2) is 4.79 Å². The Kier molecular flexibility index (Phi) is 5.49. The summed E-state index contributed by atoms with van der Waals surface area (Å²) in [6, 6.07) is 6.27. The van der Waals surface area contributed by atoms with E-state index in [1.807, 2.05) is 4.90 Å². The van der Waals surface area contributed by atoms with Crippen LogP contribution in [0.25, 0.3) is 0 Å². The molecule has 1 heterocycles. The van der Waals surface area contributed by atoms with E-state index in [-0.39, 0.29) is 17.2 Å². The highest BCUT2D eigenvalue weighted by Crippen LogP contribution is 2.39. The van der Waals surface area contributed by atoms with Crippen molar-refractivity contribution in [3.63, 3.8) is 0 Å². The maximum Gasteiger partial charge on any atom is 0.338 e. The lowest BCUT2D eigenvalue weighted by atomic mass is 9.98. The largest absolute Gasteiger partial charge is 0.452 e. The lowest BCUT2D eigenvalue weighted by Gasteiger charge is -2.22. The number of benzene rings is 1. The third-order valence-electron chi connectivity index (χ3n) is 5.21. The molecule has 2 aliphatic rings. The molecule has 1 aromatic rings. The SMILES string of the molecule is C[C@@](C#N)(NC(=O)COC(=O)c1ccc(N2CCCC2)c([N+](=O)[O-])c1)C1CC1. The van der Waals surface area contributed by atoms with E-state index in [9.17, 15) is 25.0 Å². The number of carbonyl (C=O) groups is 2. The van der Waals surface area contributed by atoms with Gasteiger partial charge in [0.1, 0.15) is 11.2 Å². The maximum absolute atomic E-state index is 12.2. The van der Waals surface area contributed by atoms with Crippen LogP contribution in [0.15, 0.2) is 18.2 Å². The molecule has 0 unspecified atom stereocenters. The van der Waals surface area contributed by atoms with E-state index in [1.54, 1.807) is 13.0 Å². The molecule has 0 spiro atoms. The molecule has 1 aromatic carbocycles. The molecule has 9 nitrogen and oxygen atoms in total. The van der Waals surface area contributed by atoms with Crippen molar-refractivity contribution in [2.24, 2.45) is 5.92 Å². The van der Waals surface area contributed by atoms with Gasteiger partial charge in [-0.1, -0.05) is 0 Å². The van der Waals surface area contributed by atoms with Crippen LogP contribution in [0, 0.1) is 27.4 Å². The fraction of sp³-hybridized carbons (Fsp3) is 0.526. The zero-order chi connectivity index (χ0) is 20.3. The smallest absolute Gasteiger partial charge is 0.338 e. The summed E-state index contributed by atoms with van der Waals surface area (Å²) in [4.78, 5) is 37.1. The summed E-state index contributed by atoms with van der Waals surface area (Å²) in [6.07, 6.45) is 3.69. The summed E-state index contributed by atoms with van der Waals surface area (Å²) in [5.41, 5.74) is -0.648. The lowest BCUT2D eigenvalue weighted by Crippen LogP contribution is -2.48. The van der Waals surface area contributed by atoms with Crippen molar-refractivity contribution in [1.29, 1.82) is 5.26 Å². The molecule has 1 saturated heterocycles. The Morgan fingerprint density at radius 1 is 1.39 bits per heavy atom. The molecule has 3 rings (SSSR count). The van der Waals surface area contributed by atoms with Gasteiger partial charge in [-0.2, -0.15) is 5.26 Å². The molecule has 148 valence electrons. The van der Waals surface area contributed by atoms with Crippen LogP contribution >= 0.6 is 0 Å². The van der Waals surface area contributed by atoms with E-state index in [2.05, 4.69) is 11.4 Å². The standard InChI is InChI=1S/C19H22N4O5/c1-19(12-20,14-5-6-14)21-17(24)11-28-18(25)13-4-7-15(16(10-13)23(26)27)22-8-2-3-9-22/h4,7,10,14H,2-3,5-6,8-9,11H2,1H3,(H,21,24)/t19-/m0/s1. The van der Waals surface area contributed by atoms with Crippen LogP contribution in [0.1, 0.15) is 43.0 Å². The van der Waals surface area contributed by atoms with Gasteiger partial charge in [-0.15, -0.1) is 0 Å². The van der Waals surface area contributed by atoms with Gasteiger partial charge in [-0.3, -0.25) is 14.9 Å². The van der Waals surface area contributed by atoms with Gasteiger partial charge in [0.2, 0.25) is 0 Å². The summed E-state index contributed by atoms with van der Waals surface area (Å²) in [6.45, 7) is 2.57. The first-order chi connectivity index (χ1) is 13.3. The van der Waals surface area contributed by atoms with Gasteiger partial charge in [0, 0.05) is 19.2 Å². The summed E-state index contributed by atoms with van der Waals surface area (Å²) in [7, 11) is 0. The third kappa shape index (κ3) is 4.22. The number of nitriles is 1. The molecule has 1 N–H and O–H groups in total. The van der Waals surface area contributed by atoms with Crippen LogP contribution < -0.4 is 10.2 Å². The van der Waals surface area contributed by atoms with Crippen LogP contribution in [-0.2, 0) is 9.53 Å². The van der Waals surface area contributed by atoms with Crippen molar-refractivity contribution in [3.8, 4) is 6.07 Å². The number of esters is 1. The molecule has 1 aliphatic carbocycles. The highest BCUT2D eigenvalue weighted by Gasteiger charge is 2.43. The van der Waals surface area contributed by atoms with Crippen molar-refractivity contribution in [2.45, 2.75) is 38.1 Å². The van der Waals surface area contributed by atoms with Crippen molar-refractivity contribution in [2.75, 3.05) is 24.6 Å². The first kappa shape index (κ1) is 19.6. The number of hydrogen-bond donors (Lipinski definition) is 1. The molecular formula is C19H22N4O5. The van der Waals surface area contributed by atoms with Crippen LogP contribution in [0.3, 0.4) is 0 Å². The molecule has 1 saturated carbocycles. The number of hydrogen-bond acceptors (Lipinski definition) is 7. The van der Waals surface area contributed by atoms with E-state index < -0.39 is 28.9 Å². The van der Waals surface area contributed by atoms with Gasteiger partial charge in [0.15, 0.2) is 6.61 Å². The summed E-state index contributed by atoms with van der Waals surface area (Å²) < 4.78 is 4.98. The number of nitrogens with one attached hydrogen (secondary N) is 1. The zero-order valence-electron chi connectivity index (χ0n) is 15.6. The Morgan fingerprint density at radius 3 is 2.64 bits per heavy atom. The Morgan fingerprint density at radius 2 is 2.07 bits per heavy atom. The summed E-state index contributed by atoms with van der Waals surface area (Å²) in [5.74, 6) is -1.29. The molecule has 0 bridgehead atoms. The quantitative estimate of drug-likeness (QED) is 0.432. The highest BCUT2D eigenvalue weighted by molar-refractivity contribution is 5.93. The number of nitro groups is 1. The van der Waals surface area contributed by atoms with Crippen LogP contribution in [0.2, 0.25) is 0 Å². The molecule has 0 aromatic heterocycles. The lowest BCUT2D eigenvalue weighted by molar-refractivity contribution is -0.384. The Labute approximate surface area is 162 Å². The molecule has 1 atom stereocenters. The number of nitrogens with zero attached hydrogens (tertiary/aromatic N) is 3. The second-order valence-electron chi connectivity index (χ2n) is 7.37. The average molecular weight is 386 g/mol. The Balaban J connectivity index is 1.64. The maximum atomic E-state index is 12.2. The number of amides is 1. The molecule has 9 heteroatoms. The second-order valence-corrected chi connectivity index (χ2v) is 7.37. The Bertz CT molecular complexity index is 839. The molecule has 0 radical (unpaired) electrons. The number of rotatable bonds is 7. The predicted molar refractivity (Wildman–Crippen MR) is 99.7 cm³/mol. The summed E-state index contributed by atoms with van der Waals surface area (Å²) >= 11 is 0. The third-order valence-corrected chi connectivity index (χ3v) is 5.21. The van der Waals surface area contributed by atoms with Crippen LogP contribution in [0.5, 0.6) is 0 Å². The fourth-order valence-electron chi connectivity index (χ4n) is 3.44. The Hall–Kier alpha value is -3.15. The first-order valence-electron chi connectivity index (χ1n) is 9.27. The van der Waals surface area contributed by atoms with Gasteiger partial charge < -0.3 is 15.0 Å². The van der Waals surface area contributed by atoms with Crippen molar-refractivity contribution >= 4 is 23.3 Å².